The molecule has 0 saturated heterocycles. The summed E-state index contributed by atoms with van der Waals surface area (Å²) in [6.07, 6.45) is 1.97. The Morgan fingerprint density at radius 2 is 2.05 bits per heavy atom. The summed E-state index contributed by atoms with van der Waals surface area (Å²) >= 11 is 1.77. The molecule has 4 heteroatoms. The lowest BCUT2D eigenvalue weighted by atomic mass is 9.98. The van der Waals surface area contributed by atoms with Gasteiger partial charge in [-0.1, -0.05) is 20.8 Å². The molecular formula is C16H22N2OS. The zero-order chi connectivity index (χ0) is 14.8. The van der Waals surface area contributed by atoms with E-state index in [9.17, 15) is 0 Å². The number of aromatic nitrogens is 1. The highest BCUT2D eigenvalue weighted by atomic mass is 32.1. The standard InChI is InChI=1S/C16H22N2OS/c1-11-8-12(6-7-14(11)19-5)17-9-13-10-18-15(20-13)16(2,3)4/h6-8,10,17H,9H2,1-5H3. The average Bonchev–Trinajstić information content (AvgIpc) is 2.85. The number of thiazole rings is 1. The molecule has 0 spiro atoms. The van der Waals surface area contributed by atoms with Gasteiger partial charge in [0.25, 0.3) is 0 Å². The molecule has 0 fully saturated rings. The molecule has 1 heterocycles. The van der Waals surface area contributed by atoms with E-state index in [4.69, 9.17) is 4.74 Å². The van der Waals surface area contributed by atoms with Crippen LogP contribution < -0.4 is 10.1 Å². The van der Waals surface area contributed by atoms with Crippen LogP contribution in [0.2, 0.25) is 0 Å². The Bertz CT molecular complexity index is 584. The zero-order valence-corrected chi connectivity index (χ0v) is 13.6. The molecule has 0 atom stereocenters. The first-order chi connectivity index (χ1) is 9.40. The van der Waals surface area contributed by atoms with Gasteiger partial charge in [-0.2, -0.15) is 0 Å². The summed E-state index contributed by atoms with van der Waals surface area (Å²) in [4.78, 5) is 5.76. The molecule has 0 amide bonds. The Hall–Kier alpha value is -1.55. The Kier molecular flexibility index (Phi) is 4.33. The van der Waals surface area contributed by atoms with Gasteiger partial charge in [0, 0.05) is 22.2 Å². The van der Waals surface area contributed by atoms with Gasteiger partial charge in [-0.25, -0.2) is 4.98 Å². The third kappa shape index (κ3) is 3.51. The summed E-state index contributed by atoms with van der Waals surface area (Å²) in [5.41, 5.74) is 2.37. The number of methoxy groups -OCH3 is 1. The summed E-state index contributed by atoms with van der Waals surface area (Å²) in [7, 11) is 1.70. The summed E-state index contributed by atoms with van der Waals surface area (Å²) < 4.78 is 5.27. The average molecular weight is 290 g/mol. The molecule has 0 aliphatic rings. The van der Waals surface area contributed by atoms with Gasteiger partial charge in [0.15, 0.2) is 0 Å². The molecule has 108 valence electrons. The number of benzene rings is 1. The lowest BCUT2D eigenvalue weighted by molar-refractivity contribution is 0.412. The van der Waals surface area contributed by atoms with Gasteiger partial charge in [0.2, 0.25) is 0 Å². The predicted octanol–water partition coefficient (Wildman–Crippen LogP) is 4.37. The summed E-state index contributed by atoms with van der Waals surface area (Å²) in [6, 6.07) is 6.13. The Morgan fingerprint density at radius 3 is 2.60 bits per heavy atom. The monoisotopic (exact) mass is 290 g/mol. The number of anilines is 1. The van der Waals surface area contributed by atoms with E-state index in [0.29, 0.717) is 0 Å². The van der Waals surface area contributed by atoms with Gasteiger partial charge in [-0.05, 0) is 30.7 Å². The number of hydrogen-bond acceptors (Lipinski definition) is 4. The lowest BCUT2D eigenvalue weighted by Crippen LogP contribution is -2.09. The van der Waals surface area contributed by atoms with Crippen molar-refractivity contribution in [2.45, 2.75) is 39.7 Å². The van der Waals surface area contributed by atoms with Crippen LogP contribution in [0.5, 0.6) is 5.75 Å². The summed E-state index contributed by atoms with van der Waals surface area (Å²) in [5.74, 6) is 0.920. The normalized spacial score (nSPS) is 11.4. The number of aryl methyl sites for hydroxylation is 1. The van der Waals surface area contributed by atoms with Gasteiger partial charge >= 0.3 is 0 Å². The SMILES string of the molecule is COc1ccc(NCc2cnc(C(C)(C)C)s2)cc1C. The van der Waals surface area contributed by atoms with E-state index in [1.54, 1.807) is 18.4 Å². The van der Waals surface area contributed by atoms with E-state index in [0.717, 1.165) is 23.5 Å². The minimum Gasteiger partial charge on any atom is -0.496 e. The van der Waals surface area contributed by atoms with Crippen molar-refractivity contribution in [2.24, 2.45) is 0 Å². The van der Waals surface area contributed by atoms with Crippen molar-refractivity contribution in [3.63, 3.8) is 0 Å². The topological polar surface area (TPSA) is 34.1 Å². The maximum absolute atomic E-state index is 5.27. The molecule has 0 saturated carbocycles. The Balaban J connectivity index is 2.02. The smallest absolute Gasteiger partial charge is 0.121 e. The lowest BCUT2D eigenvalue weighted by Gasteiger charge is -2.13. The molecule has 3 nitrogen and oxygen atoms in total. The van der Waals surface area contributed by atoms with Crippen LogP contribution >= 0.6 is 11.3 Å². The van der Waals surface area contributed by atoms with Crippen LogP contribution in [-0.4, -0.2) is 12.1 Å². The maximum Gasteiger partial charge on any atom is 0.121 e. The first-order valence-corrected chi connectivity index (χ1v) is 7.55. The van der Waals surface area contributed by atoms with Crippen LogP contribution in [0.4, 0.5) is 5.69 Å². The summed E-state index contributed by atoms with van der Waals surface area (Å²) in [5, 5.41) is 4.61. The fourth-order valence-corrected chi connectivity index (χ4v) is 2.82. The third-order valence-electron chi connectivity index (χ3n) is 3.06. The van der Waals surface area contributed by atoms with E-state index < -0.39 is 0 Å². The molecule has 0 aliphatic carbocycles. The molecule has 20 heavy (non-hydrogen) atoms. The van der Waals surface area contributed by atoms with Crippen LogP contribution in [0.1, 0.15) is 36.2 Å². The van der Waals surface area contributed by atoms with Gasteiger partial charge in [0.05, 0.1) is 18.7 Å². The number of nitrogens with one attached hydrogen (secondary N) is 1. The third-order valence-corrected chi connectivity index (χ3v) is 4.48. The highest BCUT2D eigenvalue weighted by Crippen LogP contribution is 2.27. The van der Waals surface area contributed by atoms with Crippen molar-refractivity contribution < 1.29 is 4.74 Å². The molecule has 0 radical (unpaired) electrons. The van der Waals surface area contributed by atoms with Crippen molar-refractivity contribution >= 4 is 17.0 Å². The molecule has 0 aliphatic heterocycles. The molecule has 2 aromatic rings. The first-order valence-electron chi connectivity index (χ1n) is 6.74. The largest absolute Gasteiger partial charge is 0.496 e. The Morgan fingerprint density at radius 1 is 1.30 bits per heavy atom. The van der Waals surface area contributed by atoms with Crippen molar-refractivity contribution in [3.05, 3.63) is 39.8 Å². The van der Waals surface area contributed by atoms with Crippen LogP contribution in [0, 0.1) is 6.92 Å². The predicted molar refractivity (Wildman–Crippen MR) is 85.9 cm³/mol. The first kappa shape index (κ1) is 14.9. The Labute approximate surface area is 125 Å². The minimum atomic E-state index is 0.125. The molecular weight excluding hydrogens is 268 g/mol. The quantitative estimate of drug-likeness (QED) is 0.908. The molecule has 0 bridgehead atoms. The maximum atomic E-state index is 5.27. The molecule has 1 N–H and O–H groups in total. The van der Waals surface area contributed by atoms with Gasteiger partial charge in [-0.3, -0.25) is 0 Å². The van der Waals surface area contributed by atoms with Crippen molar-refractivity contribution in [1.29, 1.82) is 0 Å². The second-order valence-electron chi connectivity index (χ2n) is 5.92. The molecule has 0 unspecified atom stereocenters. The number of hydrogen-bond donors (Lipinski definition) is 1. The minimum absolute atomic E-state index is 0.125. The number of nitrogens with zero attached hydrogens (tertiary/aromatic N) is 1. The highest BCUT2D eigenvalue weighted by Gasteiger charge is 2.17. The molecule has 1 aromatic heterocycles. The van der Waals surface area contributed by atoms with E-state index in [2.05, 4.69) is 44.1 Å². The van der Waals surface area contributed by atoms with E-state index >= 15 is 0 Å². The van der Waals surface area contributed by atoms with Crippen molar-refractivity contribution in [3.8, 4) is 5.75 Å². The van der Waals surface area contributed by atoms with Crippen LogP contribution in [0.25, 0.3) is 0 Å². The number of ether oxygens (including phenoxy) is 1. The highest BCUT2D eigenvalue weighted by molar-refractivity contribution is 7.11. The fraction of sp³-hybridized carbons (Fsp3) is 0.438. The second-order valence-corrected chi connectivity index (χ2v) is 7.03. The van der Waals surface area contributed by atoms with Crippen molar-refractivity contribution in [1.82, 2.24) is 4.98 Å². The zero-order valence-electron chi connectivity index (χ0n) is 12.8. The van der Waals surface area contributed by atoms with Crippen LogP contribution in [0.15, 0.2) is 24.4 Å². The number of rotatable bonds is 4. The summed E-state index contributed by atoms with van der Waals surface area (Å²) in [6.45, 7) is 9.43. The van der Waals surface area contributed by atoms with E-state index in [-0.39, 0.29) is 5.41 Å². The van der Waals surface area contributed by atoms with E-state index in [1.165, 1.54) is 9.88 Å². The second kappa shape index (κ2) is 5.83. The van der Waals surface area contributed by atoms with Crippen LogP contribution in [-0.2, 0) is 12.0 Å². The van der Waals surface area contributed by atoms with Gasteiger partial charge < -0.3 is 10.1 Å². The van der Waals surface area contributed by atoms with Crippen molar-refractivity contribution in [2.75, 3.05) is 12.4 Å². The van der Waals surface area contributed by atoms with E-state index in [1.807, 2.05) is 18.3 Å². The van der Waals surface area contributed by atoms with Crippen LogP contribution in [0.3, 0.4) is 0 Å². The van der Waals surface area contributed by atoms with Gasteiger partial charge in [-0.15, -0.1) is 11.3 Å². The fourth-order valence-electron chi connectivity index (χ4n) is 1.91. The van der Waals surface area contributed by atoms with Gasteiger partial charge in [0.1, 0.15) is 5.75 Å². The molecule has 2 rings (SSSR count). The molecule has 1 aromatic carbocycles.